The molecule has 1 saturated heterocycles. The Balaban J connectivity index is 0.000000228. The third-order valence-corrected chi connectivity index (χ3v) is 5.83. The van der Waals surface area contributed by atoms with Gasteiger partial charge in [0.1, 0.15) is 0 Å². The van der Waals surface area contributed by atoms with Crippen molar-refractivity contribution in [3.05, 3.63) is 17.0 Å². The quantitative estimate of drug-likeness (QED) is 0.849. The van der Waals surface area contributed by atoms with Gasteiger partial charge in [-0.1, -0.05) is 13.8 Å². The van der Waals surface area contributed by atoms with Crippen molar-refractivity contribution in [1.29, 1.82) is 0 Å². The zero-order valence-electron chi connectivity index (χ0n) is 15.6. The molecule has 0 aromatic carbocycles. The fraction of sp³-hybridized carbons (Fsp3) is 0.778. The second-order valence-corrected chi connectivity index (χ2v) is 7.56. The minimum Gasteiger partial charge on any atom is -0.352 e. The lowest BCUT2D eigenvalue weighted by atomic mass is 9.96. The highest BCUT2D eigenvalue weighted by molar-refractivity contribution is 8.00. The van der Waals surface area contributed by atoms with Crippen LogP contribution in [0.4, 0.5) is 0 Å². The Morgan fingerprint density at radius 1 is 1.26 bits per heavy atom. The van der Waals surface area contributed by atoms with Crippen LogP contribution in [0.25, 0.3) is 0 Å². The van der Waals surface area contributed by atoms with E-state index in [1.807, 2.05) is 25.6 Å². The van der Waals surface area contributed by atoms with Crippen molar-refractivity contribution >= 4 is 18.2 Å². The summed E-state index contributed by atoms with van der Waals surface area (Å²) in [6.07, 6.45) is 5.93. The topological polar surface area (TPSA) is 46.9 Å². The van der Waals surface area contributed by atoms with Crippen LogP contribution in [0.3, 0.4) is 0 Å². The number of hydrogen-bond donors (Lipinski definition) is 1. The molecule has 2 aliphatic rings. The summed E-state index contributed by atoms with van der Waals surface area (Å²) >= 11 is 1.86. The number of carbonyl (C=O) groups excluding carboxylic acids is 1. The largest absolute Gasteiger partial charge is 0.352 e. The molecule has 132 valence electrons. The van der Waals surface area contributed by atoms with Gasteiger partial charge in [0.05, 0.1) is 11.2 Å². The molecular formula is C18H33N3OS. The number of nitrogens with one attached hydrogen (secondary N) is 1. The third kappa shape index (κ3) is 5.27. The number of thioether (sulfide) groups is 1. The maximum absolute atomic E-state index is 9.89. The van der Waals surface area contributed by atoms with Gasteiger partial charge in [0.25, 0.3) is 0 Å². The molecule has 1 aromatic heterocycles. The van der Waals surface area contributed by atoms with Crippen molar-refractivity contribution in [1.82, 2.24) is 15.1 Å². The third-order valence-electron chi connectivity index (χ3n) is 4.15. The Hall–Kier alpha value is -0.970. The summed E-state index contributed by atoms with van der Waals surface area (Å²) in [5, 5.41) is 7.37. The van der Waals surface area contributed by atoms with Crippen LogP contribution in [-0.2, 0) is 17.6 Å². The molecule has 0 saturated carbocycles. The van der Waals surface area contributed by atoms with Crippen LogP contribution < -0.4 is 5.32 Å². The van der Waals surface area contributed by atoms with E-state index in [0.717, 1.165) is 17.9 Å². The molecule has 0 radical (unpaired) electrons. The molecule has 3 rings (SSSR count). The molecule has 0 atom stereocenters. The Kier molecular flexibility index (Phi) is 8.17. The molecule has 0 unspecified atom stereocenters. The number of amides is 1. The van der Waals surface area contributed by atoms with Crippen molar-refractivity contribution in [3.63, 3.8) is 0 Å². The van der Waals surface area contributed by atoms with E-state index in [4.69, 9.17) is 0 Å². The summed E-state index contributed by atoms with van der Waals surface area (Å²) in [6.45, 7) is 12.6. The second kappa shape index (κ2) is 9.36. The minimum atomic E-state index is 0.117. The normalized spacial score (nSPS) is 17.7. The maximum atomic E-state index is 9.89. The summed E-state index contributed by atoms with van der Waals surface area (Å²) in [4.78, 5) is 9.89. The van der Waals surface area contributed by atoms with Crippen molar-refractivity contribution < 1.29 is 4.79 Å². The first kappa shape index (κ1) is 20.1. The summed E-state index contributed by atoms with van der Waals surface area (Å²) in [5.74, 6) is 2.12. The summed E-state index contributed by atoms with van der Waals surface area (Å²) < 4.78 is 2.21. The smallest absolute Gasteiger partial charge is 0.207 e. The maximum Gasteiger partial charge on any atom is 0.207 e. The highest BCUT2D eigenvalue weighted by atomic mass is 32.2. The monoisotopic (exact) mass is 339 g/mol. The molecule has 1 N–H and O–H groups in total. The number of nitrogens with zero attached hydrogens (tertiary/aromatic N) is 2. The van der Waals surface area contributed by atoms with Crippen LogP contribution in [0.1, 0.15) is 70.5 Å². The molecule has 5 heteroatoms. The summed E-state index contributed by atoms with van der Waals surface area (Å²) in [5.41, 5.74) is 4.40. The van der Waals surface area contributed by atoms with Crippen molar-refractivity contribution in [3.8, 4) is 0 Å². The standard InChI is InChI=1S/C11H18N2.C5H9NOS.C2H6/c1-8(2)13-11-7-5-4-6-10(11)9(3)12-13;1-5(6-4-7)2-8-3-5;1-2/h8H,4-7H2,1-3H3;4H,2-3H2,1H3,(H,6,7);1-2H3. The average Bonchev–Trinajstić information content (AvgIpc) is 2.87. The number of aromatic nitrogens is 2. The lowest BCUT2D eigenvalue weighted by Crippen LogP contribution is -2.52. The van der Waals surface area contributed by atoms with Crippen molar-refractivity contribution in [2.24, 2.45) is 0 Å². The van der Waals surface area contributed by atoms with E-state index in [2.05, 4.69) is 42.8 Å². The van der Waals surface area contributed by atoms with Gasteiger partial charge in [0.15, 0.2) is 0 Å². The van der Waals surface area contributed by atoms with E-state index < -0.39 is 0 Å². The van der Waals surface area contributed by atoms with Gasteiger partial charge in [0, 0.05) is 23.2 Å². The molecular weight excluding hydrogens is 306 g/mol. The molecule has 0 spiro atoms. The number of fused-ring (bicyclic) bond motifs is 1. The lowest BCUT2D eigenvalue weighted by molar-refractivity contribution is -0.110. The zero-order chi connectivity index (χ0) is 17.5. The Labute approximate surface area is 145 Å². The number of hydrogen-bond acceptors (Lipinski definition) is 3. The van der Waals surface area contributed by atoms with Crippen LogP contribution in [0, 0.1) is 6.92 Å². The molecule has 1 amide bonds. The first-order valence-corrected chi connectivity index (χ1v) is 9.98. The highest BCUT2D eigenvalue weighted by Gasteiger charge is 2.31. The summed E-state index contributed by atoms with van der Waals surface area (Å²) in [6, 6.07) is 0.514. The van der Waals surface area contributed by atoms with Crippen molar-refractivity contribution in [2.75, 3.05) is 11.5 Å². The molecule has 2 heterocycles. The number of aryl methyl sites for hydroxylation is 1. The Morgan fingerprint density at radius 2 is 1.87 bits per heavy atom. The van der Waals surface area contributed by atoms with E-state index >= 15 is 0 Å². The van der Waals surface area contributed by atoms with Gasteiger partial charge in [-0.25, -0.2) is 0 Å². The van der Waals surface area contributed by atoms with Gasteiger partial charge in [-0.05, 0) is 58.9 Å². The number of carbonyl (C=O) groups is 1. The Bertz CT molecular complexity index is 493. The van der Waals surface area contributed by atoms with Crippen molar-refractivity contribution in [2.45, 2.75) is 78.8 Å². The van der Waals surface area contributed by atoms with Gasteiger partial charge < -0.3 is 5.32 Å². The van der Waals surface area contributed by atoms with Crippen LogP contribution >= 0.6 is 11.8 Å². The van der Waals surface area contributed by atoms with Crippen LogP contribution in [0.15, 0.2) is 0 Å². The number of rotatable bonds is 3. The summed E-state index contributed by atoms with van der Waals surface area (Å²) in [7, 11) is 0. The minimum absolute atomic E-state index is 0.117. The van der Waals surface area contributed by atoms with E-state index in [-0.39, 0.29) is 5.54 Å². The van der Waals surface area contributed by atoms with E-state index in [0.29, 0.717) is 6.04 Å². The van der Waals surface area contributed by atoms with Gasteiger partial charge in [0.2, 0.25) is 6.41 Å². The second-order valence-electron chi connectivity index (χ2n) is 6.57. The van der Waals surface area contributed by atoms with Gasteiger partial charge in [-0.15, -0.1) is 0 Å². The molecule has 23 heavy (non-hydrogen) atoms. The fourth-order valence-corrected chi connectivity index (χ4v) is 3.86. The predicted molar refractivity (Wildman–Crippen MR) is 100 cm³/mol. The van der Waals surface area contributed by atoms with Gasteiger partial charge >= 0.3 is 0 Å². The predicted octanol–water partition coefficient (Wildman–Crippen LogP) is 3.92. The fourth-order valence-electron chi connectivity index (χ4n) is 2.88. The first-order chi connectivity index (χ1) is 11.0. The van der Waals surface area contributed by atoms with Gasteiger partial charge in [-0.3, -0.25) is 9.48 Å². The van der Waals surface area contributed by atoms with Crippen LogP contribution in [-0.4, -0.2) is 33.2 Å². The molecule has 0 bridgehead atoms. The van der Waals surface area contributed by atoms with Crippen LogP contribution in [0.5, 0.6) is 0 Å². The molecule has 1 aliphatic carbocycles. The molecule has 1 fully saturated rings. The molecule has 4 nitrogen and oxygen atoms in total. The van der Waals surface area contributed by atoms with Gasteiger partial charge in [-0.2, -0.15) is 16.9 Å². The lowest BCUT2D eigenvalue weighted by Gasteiger charge is -2.36. The zero-order valence-corrected chi connectivity index (χ0v) is 16.4. The van der Waals surface area contributed by atoms with E-state index in [1.165, 1.54) is 42.6 Å². The Morgan fingerprint density at radius 3 is 2.30 bits per heavy atom. The van der Waals surface area contributed by atoms with E-state index in [9.17, 15) is 4.79 Å². The highest BCUT2D eigenvalue weighted by Crippen LogP contribution is 2.28. The van der Waals surface area contributed by atoms with Crippen LogP contribution in [0.2, 0.25) is 0 Å². The SMILES string of the molecule is CC.CC1(NC=O)CSC1.Cc1nn(C(C)C)c2c1CCCC2. The molecule has 1 aromatic rings. The first-order valence-electron chi connectivity index (χ1n) is 8.83. The molecule has 1 aliphatic heterocycles. The van der Waals surface area contributed by atoms with E-state index in [1.54, 1.807) is 0 Å². The average molecular weight is 340 g/mol.